The Morgan fingerprint density at radius 3 is 2.44 bits per heavy atom. The van der Waals surface area contributed by atoms with Gasteiger partial charge in [-0.15, -0.1) is 0 Å². The van der Waals surface area contributed by atoms with Gasteiger partial charge >= 0.3 is 0 Å². The first-order chi connectivity index (χ1) is 11.8. The fraction of sp³-hybridized carbons (Fsp3) is 0.286. The lowest BCUT2D eigenvalue weighted by Gasteiger charge is -2.21. The summed E-state index contributed by atoms with van der Waals surface area (Å²) in [5.41, 5.74) is 2.67. The van der Waals surface area contributed by atoms with Gasteiger partial charge in [-0.1, -0.05) is 39.0 Å². The third-order valence-electron chi connectivity index (χ3n) is 3.84. The first-order valence-electron chi connectivity index (χ1n) is 8.15. The van der Waals surface area contributed by atoms with Crippen LogP contribution in [0.25, 0.3) is 6.08 Å². The predicted octanol–water partition coefficient (Wildman–Crippen LogP) is 4.65. The van der Waals surface area contributed by atoms with Crippen molar-refractivity contribution in [3.05, 3.63) is 59.7 Å². The summed E-state index contributed by atoms with van der Waals surface area (Å²) in [4.78, 5) is 12.3. The van der Waals surface area contributed by atoms with Crippen molar-refractivity contribution in [2.24, 2.45) is 0 Å². The first-order valence-corrected chi connectivity index (χ1v) is 8.15. The molecule has 132 valence electrons. The Morgan fingerprint density at radius 2 is 1.80 bits per heavy atom. The van der Waals surface area contributed by atoms with E-state index in [1.165, 1.54) is 6.08 Å². The Hall–Kier alpha value is -2.75. The lowest BCUT2D eigenvalue weighted by atomic mass is 9.87. The minimum absolute atomic E-state index is 0.0117. The molecule has 25 heavy (non-hydrogen) atoms. The highest BCUT2D eigenvalue weighted by atomic mass is 16.5. The van der Waals surface area contributed by atoms with Gasteiger partial charge in [-0.3, -0.25) is 4.79 Å². The summed E-state index contributed by atoms with van der Waals surface area (Å²) in [5, 5.41) is 2.89. The number of hydrogen-bond donors (Lipinski definition) is 1. The summed E-state index contributed by atoms with van der Waals surface area (Å²) >= 11 is 0. The summed E-state index contributed by atoms with van der Waals surface area (Å²) in [6.07, 6.45) is 3.25. The van der Waals surface area contributed by atoms with Crippen molar-refractivity contribution in [2.45, 2.75) is 26.2 Å². The second-order valence-electron chi connectivity index (χ2n) is 6.76. The molecule has 0 aliphatic carbocycles. The number of carbonyl (C=O) groups is 1. The highest BCUT2D eigenvalue weighted by molar-refractivity contribution is 6.02. The van der Waals surface area contributed by atoms with E-state index in [9.17, 15) is 4.79 Å². The molecule has 0 radical (unpaired) electrons. The quantitative estimate of drug-likeness (QED) is 0.806. The number of methoxy groups -OCH3 is 2. The van der Waals surface area contributed by atoms with Gasteiger partial charge in [0.15, 0.2) is 0 Å². The number of anilines is 1. The number of rotatable bonds is 5. The molecular weight excluding hydrogens is 314 g/mol. The van der Waals surface area contributed by atoms with Gasteiger partial charge < -0.3 is 14.8 Å². The zero-order chi connectivity index (χ0) is 18.4. The van der Waals surface area contributed by atoms with Crippen LogP contribution in [0.5, 0.6) is 11.5 Å². The summed E-state index contributed by atoms with van der Waals surface area (Å²) in [6.45, 7) is 6.38. The number of benzene rings is 2. The van der Waals surface area contributed by atoms with Gasteiger partial charge in [0.25, 0.3) is 0 Å². The highest BCUT2D eigenvalue weighted by Crippen LogP contribution is 2.31. The van der Waals surface area contributed by atoms with Crippen LogP contribution in [0.4, 0.5) is 5.69 Å². The summed E-state index contributed by atoms with van der Waals surface area (Å²) in [7, 11) is 3.21. The van der Waals surface area contributed by atoms with Crippen molar-refractivity contribution in [1.82, 2.24) is 0 Å². The lowest BCUT2D eigenvalue weighted by molar-refractivity contribution is -0.111. The molecule has 0 saturated carbocycles. The zero-order valence-electron chi connectivity index (χ0n) is 15.4. The van der Waals surface area contributed by atoms with Gasteiger partial charge in [0.1, 0.15) is 11.5 Å². The van der Waals surface area contributed by atoms with Crippen molar-refractivity contribution >= 4 is 17.7 Å². The van der Waals surface area contributed by atoms with E-state index in [0.29, 0.717) is 11.4 Å². The fourth-order valence-corrected chi connectivity index (χ4v) is 2.36. The molecule has 0 unspecified atom stereocenters. The second kappa shape index (κ2) is 7.88. The minimum atomic E-state index is -0.216. The Morgan fingerprint density at radius 1 is 1.04 bits per heavy atom. The van der Waals surface area contributed by atoms with Crippen molar-refractivity contribution in [3.63, 3.8) is 0 Å². The molecule has 0 saturated heterocycles. The zero-order valence-corrected chi connectivity index (χ0v) is 15.4. The summed E-state index contributed by atoms with van der Waals surface area (Å²) in [6, 6.07) is 13.4. The Labute approximate surface area is 149 Å². The van der Waals surface area contributed by atoms with E-state index in [4.69, 9.17) is 9.47 Å². The molecule has 2 aromatic carbocycles. The number of carbonyl (C=O) groups excluding carboxylic acids is 1. The van der Waals surface area contributed by atoms with Crippen LogP contribution in [-0.4, -0.2) is 20.1 Å². The van der Waals surface area contributed by atoms with Crippen LogP contribution in [0.2, 0.25) is 0 Å². The lowest BCUT2D eigenvalue weighted by Crippen LogP contribution is -2.14. The molecule has 2 rings (SSSR count). The molecule has 0 aliphatic rings. The van der Waals surface area contributed by atoms with Gasteiger partial charge in [0.05, 0.1) is 19.9 Å². The number of ether oxygens (including phenoxy) is 2. The second-order valence-corrected chi connectivity index (χ2v) is 6.76. The highest BCUT2D eigenvalue weighted by Gasteiger charge is 2.16. The largest absolute Gasteiger partial charge is 0.497 e. The van der Waals surface area contributed by atoms with Crippen LogP contribution in [-0.2, 0) is 10.2 Å². The van der Waals surface area contributed by atoms with Crippen molar-refractivity contribution in [1.29, 1.82) is 0 Å². The van der Waals surface area contributed by atoms with Crippen LogP contribution < -0.4 is 14.8 Å². The molecule has 2 aromatic rings. The van der Waals surface area contributed by atoms with E-state index in [1.54, 1.807) is 20.3 Å². The maximum absolute atomic E-state index is 12.3. The van der Waals surface area contributed by atoms with E-state index in [2.05, 4.69) is 26.1 Å². The van der Waals surface area contributed by atoms with Gasteiger partial charge in [-0.2, -0.15) is 0 Å². The van der Waals surface area contributed by atoms with E-state index in [0.717, 1.165) is 16.9 Å². The molecule has 0 fully saturated rings. The van der Waals surface area contributed by atoms with E-state index in [1.807, 2.05) is 42.5 Å². The molecule has 1 N–H and O–H groups in total. The van der Waals surface area contributed by atoms with E-state index >= 15 is 0 Å². The van der Waals surface area contributed by atoms with Crippen molar-refractivity contribution in [2.75, 3.05) is 19.5 Å². The first kappa shape index (κ1) is 18.6. The van der Waals surface area contributed by atoms with Gasteiger partial charge in [0, 0.05) is 6.08 Å². The Kier molecular flexibility index (Phi) is 5.86. The average Bonchev–Trinajstić information content (AvgIpc) is 2.59. The van der Waals surface area contributed by atoms with Crippen molar-refractivity contribution < 1.29 is 14.3 Å². The average molecular weight is 339 g/mol. The predicted molar refractivity (Wildman–Crippen MR) is 102 cm³/mol. The molecule has 0 heterocycles. The molecule has 0 bridgehead atoms. The summed E-state index contributed by atoms with van der Waals surface area (Å²) in [5.74, 6) is 1.17. The standard InChI is InChI=1S/C21H25NO3/c1-21(2,3)16-10-11-19(25-5)18(14-16)22-20(23)12-9-15-7-6-8-17(13-15)24-4/h6-14H,1-5H3,(H,22,23). The van der Waals surface area contributed by atoms with Crippen LogP contribution >= 0.6 is 0 Å². The normalized spacial score (nSPS) is 11.4. The molecule has 0 spiro atoms. The van der Waals surface area contributed by atoms with Gasteiger partial charge in [-0.05, 0) is 46.9 Å². The van der Waals surface area contributed by atoms with Crippen molar-refractivity contribution in [3.8, 4) is 11.5 Å². The molecule has 4 nitrogen and oxygen atoms in total. The third-order valence-corrected chi connectivity index (χ3v) is 3.84. The Bertz CT molecular complexity index is 773. The SMILES string of the molecule is COc1cccc(C=CC(=O)Nc2cc(C(C)(C)C)ccc2OC)c1. The van der Waals surface area contributed by atoms with Crippen LogP contribution in [0, 0.1) is 0 Å². The molecule has 1 amide bonds. The monoisotopic (exact) mass is 339 g/mol. The number of nitrogens with one attached hydrogen (secondary N) is 1. The van der Waals surface area contributed by atoms with Gasteiger partial charge in [-0.25, -0.2) is 0 Å². The van der Waals surface area contributed by atoms with E-state index < -0.39 is 0 Å². The van der Waals surface area contributed by atoms with Crippen LogP contribution in [0.1, 0.15) is 31.9 Å². The minimum Gasteiger partial charge on any atom is -0.497 e. The smallest absolute Gasteiger partial charge is 0.248 e. The number of hydrogen-bond acceptors (Lipinski definition) is 3. The van der Waals surface area contributed by atoms with Crippen LogP contribution in [0.3, 0.4) is 0 Å². The maximum Gasteiger partial charge on any atom is 0.248 e. The molecular formula is C21H25NO3. The van der Waals surface area contributed by atoms with Gasteiger partial charge in [0.2, 0.25) is 5.91 Å². The molecule has 0 atom stereocenters. The molecule has 0 aromatic heterocycles. The number of amides is 1. The van der Waals surface area contributed by atoms with Crippen LogP contribution in [0.15, 0.2) is 48.5 Å². The topological polar surface area (TPSA) is 47.6 Å². The van der Waals surface area contributed by atoms with E-state index in [-0.39, 0.29) is 11.3 Å². The Balaban J connectivity index is 2.17. The molecule has 0 aliphatic heterocycles. The maximum atomic E-state index is 12.3. The molecule has 4 heteroatoms. The third kappa shape index (κ3) is 5.11. The summed E-state index contributed by atoms with van der Waals surface area (Å²) < 4.78 is 10.5. The fourth-order valence-electron chi connectivity index (χ4n) is 2.36.